The zero-order valence-electron chi connectivity index (χ0n) is 15.1. The summed E-state index contributed by atoms with van der Waals surface area (Å²) < 4.78 is 6.05. The number of thiocarbonyl (C=S) groups is 1. The van der Waals surface area contributed by atoms with Gasteiger partial charge in [0.25, 0.3) is 0 Å². The lowest BCUT2D eigenvalue weighted by Gasteiger charge is -2.56. The van der Waals surface area contributed by atoms with Gasteiger partial charge in [-0.05, 0) is 104 Å². The van der Waals surface area contributed by atoms with Crippen molar-refractivity contribution in [2.24, 2.45) is 23.2 Å². The summed E-state index contributed by atoms with van der Waals surface area (Å²) in [5.74, 6) is 4.46. The van der Waals surface area contributed by atoms with Crippen molar-refractivity contribution < 1.29 is 4.74 Å². The topological polar surface area (TPSA) is 9.23 Å². The van der Waals surface area contributed by atoms with Gasteiger partial charge in [-0.3, -0.25) is 0 Å². The molecule has 130 valence electrons. The van der Waals surface area contributed by atoms with Crippen molar-refractivity contribution in [2.45, 2.75) is 71.1 Å². The first-order valence-electron chi connectivity index (χ1n) is 9.86. The Kier molecular flexibility index (Phi) is 4.45. The van der Waals surface area contributed by atoms with Crippen molar-refractivity contribution in [3.05, 3.63) is 29.8 Å². The lowest BCUT2D eigenvalue weighted by Crippen LogP contribution is -2.47. The van der Waals surface area contributed by atoms with Crippen LogP contribution in [0.25, 0.3) is 0 Å². The molecule has 4 fully saturated rings. The molecule has 0 saturated heterocycles. The monoisotopic (exact) mass is 342 g/mol. The van der Waals surface area contributed by atoms with Crippen molar-refractivity contribution in [2.75, 3.05) is 0 Å². The third-order valence-corrected chi connectivity index (χ3v) is 7.21. The minimum Gasteiger partial charge on any atom is -0.450 e. The lowest BCUT2D eigenvalue weighted by atomic mass is 9.49. The molecule has 4 bridgehead atoms. The molecule has 1 aromatic carbocycles. The van der Waals surface area contributed by atoms with Gasteiger partial charge in [0.1, 0.15) is 5.75 Å². The maximum Gasteiger partial charge on any atom is 0.167 e. The summed E-state index contributed by atoms with van der Waals surface area (Å²) in [6.45, 7) is 4.50. The maximum atomic E-state index is 6.05. The molecule has 0 N–H and O–H groups in total. The molecule has 0 amide bonds. The standard InChI is InChI=1S/C22H30OS/c1-3-15(2)19-4-6-20(7-5-19)23-21(24)14-22-11-16-8-17(12-22)10-18(9-16)13-22/h4-7,15-18H,3,8-14H2,1-2H3. The zero-order chi connectivity index (χ0) is 16.7. The summed E-state index contributed by atoms with van der Waals surface area (Å²) in [6, 6.07) is 8.56. The van der Waals surface area contributed by atoms with Crippen LogP contribution in [0.4, 0.5) is 0 Å². The molecular formula is C22H30OS. The van der Waals surface area contributed by atoms with E-state index in [9.17, 15) is 0 Å². The zero-order valence-corrected chi connectivity index (χ0v) is 15.9. The summed E-state index contributed by atoms with van der Waals surface area (Å²) in [7, 11) is 0. The van der Waals surface area contributed by atoms with Crippen LogP contribution >= 0.6 is 12.2 Å². The average molecular weight is 343 g/mol. The summed E-state index contributed by atoms with van der Waals surface area (Å²) in [5.41, 5.74) is 1.86. The highest BCUT2D eigenvalue weighted by Gasteiger charge is 2.51. The van der Waals surface area contributed by atoms with E-state index >= 15 is 0 Å². The van der Waals surface area contributed by atoms with Gasteiger partial charge in [0.05, 0.1) is 0 Å². The predicted octanol–water partition coefficient (Wildman–Crippen LogP) is 6.51. The highest BCUT2D eigenvalue weighted by molar-refractivity contribution is 7.80. The smallest absolute Gasteiger partial charge is 0.167 e. The normalized spacial score (nSPS) is 35.0. The molecule has 0 aliphatic heterocycles. The molecule has 5 rings (SSSR count). The summed E-state index contributed by atoms with van der Waals surface area (Å²) in [4.78, 5) is 0. The minimum absolute atomic E-state index is 0.475. The second-order valence-electron chi connectivity index (χ2n) is 8.95. The van der Waals surface area contributed by atoms with Gasteiger partial charge in [-0.2, -0.15) is 0 Å². The van der Waals surface area contributed by atoms with Crippen molar-refractivity contribution >= 4 is 17.3 Å². The number of rotatable bonds is 5. The third kappa shape index (κ3) is 3.27. The molecule has 1 atom stereocenters. The van der Waals surface area contributed by atoms with E-state index in [1.807, 2.05) is 0 Å². The Labute approximate surface area is 152 Å². The number of benzene rings is 1. The Balaban J connectivity index is 1.38. The minimum atomic E-state index is 0.475. The van der Waals surface area contributed by atoms with Crippen molar-refractivity contribution in [1.82, 2.24) is 0 Å². The van der Waals surface area contributed by atoms with E-state index in [-0.39, 0.29) is 0 Å². The van der Waals surface area contributed by atoms with E-state index in [1.54, 1.807) is 0 Å². The number of ether oxygens (including phenoxy) is 1. The fourth-order valence-electron chi connectivity index (χ4n) is 6.08. The van der Waals surface area contributed by atoms with E-state index < -0.39 is 0 Å². The number of hydrogen-bond donors (Lipinski definition) is 0. The second-order valence-corrected chi connectivity index (χ2v) is 9.40. The van der Waals surface area contributed by atoms with Crippen LogP contribution in [0, 0.1) is 23.2 Å². The van der Waals surface area contributed by atoms with E-state index in [2.05, 4.69) is 38.1 Å². The van der Waals surface area contributed by atoms with Crippen LogP contribution in [0.3, 0.4) is 0 Å². The average Bonchev–Trinajstić information content (AvgIpc) is 2.53. The Morgan fingerprint density at radius 3 is 2.12 bits per heavy atom. The summed E-state index contributed by atoms with van der Waals surface area (Å²) in [6.07, 6.45) is 10.8. The van der Waals surface area contributed by atoms with E-state index in [4.69, 9.17) is 17.0 Å². The van der Waals surface area contributed by atoms with Crippen LogP contribution in [0.5, 0.6) is 5.75 Å². The van der Waals surface area contributed by atoms with E-state index in [1.165, 1.54) is 50.5 Å². The highest BCUT2D eigenvalue weighted by Crippen LogP contribution is 2.61. The molecule has 24 heavy (non-hydrogen) atoms. The molecule has 1 aromatic rings. The van der Waals surface area contributed by atoms with Crippen molar-refractivity contribution in [3.63, 3.8) is 0 Å². The first-order valence-corrected chi connectivity index (χ1v) is 10.3. The van der Waals surface area contributed by atoms with Crippen LogP contribution < -0.4 is 4.74 Å². The number of hydrogen-bond acceptors (Lipinski definition) is 2. The van der Waals surface area contributed by atoms with Gasteiger partial charge in [-0.1, -0.05) is 26.0 Å². The van der Waals surface area contributed by atoms with Gasteiger partial charge >= 0.3 is 0 Å². The SMILES string of the molecule is CCC(C)c1ccc(OC(=S)CC23CC4CC(CC(C4)C2)C3)cc1. The maximum absolute atomic E-state index is 6.05. The lowest BCUT2D eigenvalue weighted by molar-refractivity contribution is -0.0492. The first kappa shape index (κ1) is 16.6. The second kappa shape index (κ2) is 6.44. The van der Waals surface area contributed by atoms with Gasteiger partial charge in [0, 0.05) is 6.42 Å². The van der Waals surface area contributed by atoms with Gasteiger partial charge in [0.2, 0.25) is 0 Å². The first-order chi connectivity index (χ1) is 11.5. The quantitative estimate of drug-likeness (QED) is 0.564. The van der Waals surface area contributed by atoms with Gasteiger partial charge in [-0.25, -0.2) is 0 Å². The van der Waals surface area contributed by atoms with E-state index in [0.717, 1.165) is 35.0 Å². The molecule has 0 spiro atoms. The van der Waals surface area contributed by atoms with Gasteiger partial charge in [-0.15, -0.1) is 0 Å². The predicted molar refractivity (Wildman–Crippen MR) is 104 cm³/mol. The largest absolute Gasteiger partial charge is 0.450 e. The van der Waals surface area contributed by atoms with Crippen LogP contribution in [0.2, 0.25) is 0 Å². The molecular weight excluding hydrogens is 312 g/mol. The Hall–Kier alpha value is -0.890. The fraction of sp³-hybridized carbons (Fsp3) is 0.682. The third-order valence-electron chi connectivity index (χ3n) is 6.98. The Morgan fingerprint density at radius 1 is 1.08 bits per heavy atom. The Bertz CT molecular complexity index is 568. The fourth-order valence-corrected chi connectivity index (χ4v) is 6.48. The molecule has 0 heterocycles. The van der Waals surface area contributed by atoms with Crippen LogP contribution in [0.15, 0.2) is 24.3 Å². The summed E-state index contributed by atoms with van der Waals surface area (Å²) >= 11 is 5.66. The molecule has 0 radical (unpaired) electrons. The molecule has 1 nitrogen and oxygen atoms in total. The summed E-state index contributed by atoms with van der Waals surface area (Å²) in [5, 5.41) is 0.813. The molecule has 4 saturated carbocycles. The molecule has 1 unspecified atom stereocenters. The Morgan fingerprint density at radius 2 is 1.62 bits per heavy atom. The van der Waals surface area contributed by atoms with Crippen LogP contribution in [-0.2, 0) is 0 Å². The van der Waals surface area contributed by atoms with Gasteiger partial charge < -0.3 is 4.74 Å². The van der Waals surface area contributed by atoms with E-state index in [0.29, 0.717) is 11.3 Å². The molecule has 0 aromatic heterocycles. The molecule has 4 aliphatic carbocycles. The molecule has 2 heteroatoms. The van der Waals surface area contributed by atoms with Crippen molar-refractivity contribution in [3.8, 4) is 5.75 Å². The van der Waals surface area contributed by atoms with Crippen LogP contribution in [0.1, 0.15) is 76.7 Å². The van der Waals surface area contributed by atoms with Crippen LogP contribution in [-0.4, -0.2) is 5.05 Å². The van der Waals surface area contributed by atoms with Gasteiger partial charge in [0.15, 0.2) is 5.05 Å². The highest BCUT2D eigenvalue weighted by atomic mass is 32.1. The molecule has 4 aliphatic rings. The van der Waals surface area contributed by atoms with Crippen molar-refractivity contribution in [1.29, 1.82) is 0 Å².